The van der Waals surface area contributed by atoms with Gasteiger partial charge in [-0.25, -0.2) is 4.39 Å². The number of benzene rings is 1. The van der Waals surface area contributed by atoms with Crippen molar-refractivity contribution in [2.45, 2.75) is 38.6 Å². The van der Waals surface area contributed by atoms with Crippen molar-refractivity contribution in [2.24, 2.45) is 5.92 Å². The van der Waals surface area contributed by atoms with Gasteiger partial charge >= 0.3 is 5.97 Å². The highest BCUT2D eigenvalue weighted by Gasteiger charge is 2.28. The van der Waals surface area contributed by atoms with Crippen LogP contribution in [-0.2, 0) is 9.53 Å². The molecule has 0 saturated heterocycles. The molecule has 0 aliphatic heterocycles. The number of hydrogen-bond donors (Lipinski definition) is 1. The van der Waals surface area contributed by atoms with E-state index in [4.69, 9.17) is 10.00 Å². The van der Waals surface area contributed by atoms with Crippen molar-refractivity contribution < 1.29 is 13.9 Å². The summed E-state index contributed by atoms with van der Waals surface area (Å²) < 4.78 is 18.4. The number of carbonyl (C=O) groups excluding carboxylic acids is 1. The van der Waals surface area contributed by atoms with Crippen molar-refractivity contribution >= 4 is 11.7 Å². The van der Waals surface area contributed by atoms with Gasteiger partial charge in [-0.3, -0.25) is 4.79 Å². The lowest BCUT2D eigenvalue weighted by molar-refractivity contribution is -0.149. The first kappa shape index (κ1) is 15.3. The second-order valence-electron chi connectivity index (χ2n) is 5.26. The summed E-state index contributed by atoms with van der Waals surface area (Å²) in [5.74, 6) is -0.732. The zero-order valence-electron chi connectivity index (χ0n) is 12.1. The number of nitrogens with one attached hydrogen (secondary N) is 1. The van der Waals surface area contributed by atoms with Gasteiger partial charge in [-0.1, -0.05) is 6.42 Å². The van der Waals surface area contributed by atoms with Crippen molar-refractivity contribution in [1.29, 1.82) is 5.26 Å². The number of anilines is 1. The SMILES string of the molecule is CCOC(=O)C1CCCC(Nc2ccc(F)c(C#N)c2)C1. The fourth-order valence-corrected chi connectivity index (χ4v) is 2.73. The maximum Gasteiger partial charge on any atom is 0.308 e. The second kappa shape index (κ2) is 7.07. The number of esters is 1. The third-order valence-electron chi connectivity index (χ3n) is 3.75. The van der Waals surface area contributed by atoms with E-state index in [-0.39, 0.29) is 23.5 Å². The lowest BCUT2D eigenvalue weighted by Gasteiger charge is -2.29. The summed E-state index contributed by atoms with van der Waals surface area (Å²) in [4.78, 5) is 11.8. The summed E-state index contributed by atoms with van der Waals surface area (Å²) in [6.45, 7) is 2.20. The van der Waals surface area contributed by atoms with Crippen LogP contribution < -0.4 is 5.32 Å². The Morgan fingerprint density at radius 2 is 2.33 bits per heavy atom. The van der Waals surface area contributed by atoms with E-state index >= 15 is 0 Å². The van der Waals surface area contributed by atoms with E-state index in [1.807, 2.05) is 6.07 Å². The normalized spacial score (nSPS) is 21.4. The smallest absolute Gasteiger partial charge is 0.308 e. The number of ether oxygens (including phenoxy) is 1. The predicted molar refractivity (Wildman–Crippen MR) is 77.1 cm³/mol. The zero-order chi connectivity index (χ0) is 15.2. The van der Waals surface area contributed by atoms with E-state index in [0.717, 1.165) is 19.3 Å². The fraction of sp³-hybridized carbons (Fsp3) is 0.500. The topological polar surface area (TPSA) is 62.1 Å². The summed E-state index contributed by atoms with van der Waals surface area (Å²) in [7, 11) is 0. The van der Waals surface area contributed by atoms with Gasteiger partial charge in [0, 0.05) is 11.7 Å². The van der Waals surface area contributed by atoms with Crippen LogP contribution in [0.2, 0.25) is 0 Å². The Hall–Kier alpha value is -2.09. The van der Waals surface area contributed by atoms with Crippen LogP contribution in [0, 0.1) is 23.1 Å². The summed E-state index contributed by atoms with van der Waals surface area (Å²) in [6, 6.07) is 6.37. The first-order valence-corrected chi connectivity index (χ1v) is 7.26. The minimum absolute atomic E-state index is 0.0257. The molecule has 2 unspecified atom stereocenters. The van der Waals surface area contributed by atoms with Gasteiger partial charge in [0.15, 0.2) is 0 Å². The predicted octanol–water partition coefficient (Wildman–Crippen LogP) is 3.23. The van der Waals surface area contributed by atoms with Gasteiger partial charge in [-0.2, -0.15) is 5.26 Å². The van der Waals surface area contributed by atoms with E-state index in [1.54, 1.807) is 13.0 Å². The Bertz CT molecular complexity index is 554. The summed E-state index contributed by atoms with van der Waals surface area (Å²) in [5, 5.41) is 12.1. The number of rotatable bonds is 4. The molecule has 0 aromatic heterocycles. The van der Waals surface area contributed by atoms with Gasteiger partial charge in [0.1, 0.15) is 11.9 Å². The summed E-state index contributed by atoms with van der Waals surface area (Å²) >= 11 is 0. The van der Waals surface area contributed by atoms with Gasteiger partial charge in [0.05, 0.1) is 18.1 Å². The lowest BCUT2D eigenvalue weighted by Crippen LogP contribution is -2.32. The van der Waals surface area contributed by atoms with Gasteiger partial charge < -0.3 is 10.1 Å². The molecule has 112 valence electrons. The molecule has 21 heavy (non-hydrogen) atoms. The highest BCUT2D eigenvalue weighted by atomic mass is 19.1. The fourth-order valence-electron chi connectivity index (χ4n) is 2.73. The van der Waals surface area contributed by atoms with E-state index in [9.17, 15) is 9.18 Å². The number of carbonyl (C=O) groups is 1. The molecule has 0 spiro atoms. The second-order valence-corrected chi connectivity index (χ2v) is 5.26. The molecule has 2 rings (SSSR count). The first-order valence-electron chi connectivity index (χ1n) is 7.26. The van der Waals surface area contributed by atoms with Crippen LogP contribution in [0.15, 0.2) is 18.2 Å². The van der Waals surface area contributed by atoms with Gasteiger partial charge in [0.25, 0.3) is 0 Å². The molecule has 5 heteroatoms. The van der Waals surface area contributed by atoms with E-state index in [2.05, 4.69) is 5.32 Å². The van der Waals surface area contributed by atoms with Crippen LogP contribution in [0.1, 0.15) is 38.2 Å². The molecule has 1 N–H and O–H groups in total. The number of halogens is 1. The van der Waals surface area contributed by atoms with Crippen molar-refractivity contribution in [3.05, 3.63) is 29.6 Å². The van der Waals surface area contributed by atoms with Gasteiger partial charge in [0.2, 0.25) is 0 Å². The Morgan fingerprint density at radius 1 is 1.52 bits per heavy atom. The summed E-state index contributed by atoms with van der Waals surface area (Å²) in [5.41, 5.74) is 0.736. The lowest BCUT2D eigenvalue weighted by atomic mass is 9.85. The molecule has 0 bridgehead atoms. The van der Waals surface area contributed by atoms with Crippen LogP contribution in [0.25, 0.3) is 0 Å². The molecule has 1 aliphatic rings. The monoisotopic (exact) mass is 290 g/mol. The maximum atomic E-state index is 13.3. The molecular formula is C16H19FN2O2. The van der Waals surface area contributed by atoms with E-state index in [0.29, 0.717) is 18.7 Å². The van der Waals surface area contributed by atoms with Crippen molar-refractivity contribution in [3.63, 3.8) is 0 Å². The number of hydrogen-bond acceptors (Lipinski definition) is 4. The molecule has 0 radical (unpaired) electrons. The average molecular weight is 290 g/mol. The zero-order valence-corrected chi connectivity index (χ0v) is 12.1. The highest BCUT2D eigenvalue weighted by Crippen LogP contribution is 2.28. The molecule has 0 amide bonds. The third kappa shape index (κ3) is 3.94. The minimum atomic E-state index is -0.518. The van der Waals surface area contributed by atoms with Gasteiger partial charge in [-0.15, -0.1) is 0 Å². The molecule has 4 nitrogen and oxygen atoms in total. The van der Waals surface area contributed by atoms with Crippen LogP contribution >= 0.6 is 0 Å². The average Bonchev–Trinajstić information content (AvgIpc) is 2.50. The Morgan fingerprint density at radius 3 is 3.05 bits per heavy atom. The molecule has 0 heterocycles. The van der Waals surface area contributed by atoms with Crippen molar-refractivity contribution in [2.75, 3.05) is 11.9 Å². The van der Waals surface area contributed by atoms with E-state index < -0.39 is 5.82 Å². The maximum absolute atomic E-state index is 13.3. The van der Waals surface area contributed by atoms with E-state index in [1.165, 1.54) is 12.1 Å². The molecule has 1 aromatic carbocycles. The van der Waals surface area contributed by atoms with Crippen molar-refractivity contribution in [1.82, 2.24) is 0 Å². The molecule has 1 fully saturated rings. The largest absolute Gasteiger partial charge is 0.466 e. The Balaban J connectivity index is 1.99. The van der Waals surface area contributed by atoms with Crippen molar-refractivity contribution in [3.8, 4) is 6.07 Å². The van der Waals surface area contributed by atoms with Gasteiger partial charge in [-0.05, 0) is 44.4 Å². The third-order valence-corrected chi connectivity index (χ3v) is 3.75. The van der Waals surface area contributed by atoms with Crippen LogP contribution in [0.5, 0.6) is 0 Å². The number of nitriles is 1. The molecule has 1 aromatic rings. The standard InChI is InChI=1S/C16H19FN2O2/c1-2-21-16(20)11-4-3-5-13(8-11)19-14-6-7-15(17)12(9-14)10-18/h6-7,9,11,13,19H,2-5,8H2,1H3. The highest BCUT2D eigenvalue weighted by molar-refractivity contribution is 5.72. The van der Waals surface area contributed by atoms with Crippen LogP contribution in [0.4, 0.5) is 10.1 Å². The molecule has 2 atom stereocenters. The number of nitrogens with zero attached hydrogens (tertiary/aromatic N) is 1. The van der Waals surface area contributed by atoms with Crippen LogP contribution in [-0.4, -0.2) is 18.6 Å². The Kier molecular flexibility index (Phi) is 5.15. The van der Waals surface area contributed by atoms with Crippen LogP contribution in [0.3, 0.4) is 0 Å². The Labute approximate surface area is 123 Å². The first-order chi connectivity index (χ1) is 10.1. The molecule has 1 aliphatic carbocycles. The quantitative estimate of drug-likeness (QED) is 0.865. The molecule has 1 saturated carbocycles. The summed E-state index contributed by atoms with van der Waals surface area (Å²) in [6.07, 6.45) is 3.46. The molecular weight excluding hydrogens is 271 g/mol. The minimum Gasteiger partial charge on any atom is -0.466 e.